The number of hydrogen-bond donors (Lipinski definition) is 2. The summed E-state index contributed by atoms with van der Waals surface area (Å²) in [6.07, 6.45) is 5.70. The fourth-order valence-corrected chi connectivity index (χ4v) is 3.65. The van der Waals surface area contributed by atoms with Crippen molar-refractivity contribution in [2.75, 3.05) is 29.9 Å². The van der Waals surface area contributed by atoms with Crippen LogP contribution in [-0.4, -0.2) is 25.5 Å². The van der Waals surface area contributed by atoms with E-state index in [4.69, 9.17) is 5.73 Å². The van der Waals surface area contributed by atoms with Crippen LogP contribution in [0.4, 0.5) is 11.4 Å². The number of halogens is 2. The molecule has 3 rings (SSSR count). The first kappa shape index (κ1) is 20.1. The van der Waals surface area contributed by atoms with Crippen LogP contribution < -0.4 is 16.0 Å². The van der Waals surface area contributed by atoms with E-state index >= 15 is 0 Å². The molecule has 6 heteroatoms. The van der Waals surface area contributed by atoms with Gasteiger partial charge in [-0.15, -0.1) is 24.8 Å². The predicted molar refractivity (Wildman–Crippen MR) is 101 cm³/mol. The maximum absolute atomic E-state index is 12.4. The average Bonchev–Trinajstić information content (AvgIpc) is 3.18. The van der Waals surface area contributed by atoms with Crippen molar-refractivity contribution >= 4 is 42.1 Å². The van der Waals surface area contributed by atoms with Crippen molar-refractivity contribution in [3.05, 3.63) is 24.3 Å². The van der Waals surface area contributed by atoms with Crippen molar-refractivity contribution in [1.82, 2.24) is 0 Å². The number of anilines is 2. The lowest BCUT2D eigenvalue weighted by molar-refractivity contribution is -0.120. The van der Waals surface area contributed by atoms with Gasteiger partial charge in [-0.25, -0.2) is 0 Å². The molecule has 2 atom stereocenters. The van der Waals surface area contributed by atoms with Crippen LogP contribution in [0.3, 0.4) is 0 Å². The van der Waals surface area contributed by atoms with Gasteiger partial charge in [0, 0.05) is 30.4 Å². The molecule has 130 valence electrons. The molecule has 1 aliphatic heterocycles. The molecule has 1 aromatic carbocycles. The Kier molecular flexibility index (Phi) is 8.17. The zero-order chi connectivity index (χ0) is 14.7. The quantitative estimate of drug-likeness (QED) is 0.865. The van der Waals surface area contributed by atoms with Gasteiger partial charge in [0.1, 0.15) is 0 Å². The smallest absolute Gasteiger partial charge is 0.227 e. The van der Waals surface area contributed by atoms with Crippen molar-refractivity contribution in [2.24, 2.45) is 17.6 Å². The normalized spacial score (nSPS) is 23.1. The third-order valence-electron chi connectivity index (χ3n) is 4.88. The highest BCUT2D eigenvalue weighted by molar-refractivity contribution is 5.93. The molecule has 2 aliphatic rings. The second-order valence-electron chi connectivity index (χ2n) is 6.27. The van der Waals surface area contributed by atoms with Crippen LogP contribution in [-0.2, 0) is 4.79 Å². The molecule has 1 amide bonds. The number of benzene rings is 1. The SMILES string of the molecule is Cl.Cl.NC[C@H]1CCC[C@H]1C(=O)Nc1cccc(N2CCCC2)c1. The molecule has 2 fully saturated rings. The van der Waals surface area contributed by atoms with Crippen LogP contribution in [0.15, 0.2) is 24.3 Å². The summed E-state index contributed by atoms with van der Waals surface area (Å²) < 4.78 is 0. The lowest BCUT2D eigenvalue weighted by Crippen LogP contribution is -2.29. The summed E-state index contributed by atoms with van der Waals surface area (Å²) in [5, 5.41) is 3.09. The summed E-state index contributed by atoms with van der Waals surface area (Å²) in [5.41, 5.74) is 7.90. The summed E-state index contributed by atoms with van der Waals surface area (Å²) in [7, 11) is 0. The number of hydrogen-bond acceptors (Lipinski definition) is 3. The highest BCUT2D eigenvalue weighted by Crippen LogP contribution is 2.32. The lowest BCUT2D eigenvalue weighted by atomic mass is 9.95. The molecule has 1 saturated heterocycles. The van der Waals surface area contributed by atoms with Crippen molar-refractivity contribution in [1.29, 1.82) is 0 Å². The molecule has 1 saturated carbocycles. The first-order valence-corrected chi connectivity index (χ1v) is 8.14. The van der Waals surface area contributed by atoms with Gasteiger partial charge >= 0.3 is 0 Å². The summed E-state index contributed by atoms with van der Waals surface area (Å²) in [4.78, 5) is 14.8. The lowest BCUT2D eigenvalue weighted by Gasteiger charge is -2.20. The number of carbonyl (C=O) groups is 1. The third-order valence-corrected chi connectivity index (χ3v) is 4.88. The third kappa shape index (κ3) is 4.75. The van der Waals surface area contributed by atoms with E-state index in [9.17, 15) is 4.79 Å². The molecule has 4 nitrogen and oxygen atoms in total. The van der Waals surface area contributed by atoms with Crippen LogP contribution >= 0.6 is 24.8 Å². The first-order valence-electron chi connectivity index (χ1n) is 8.14. The van der Waals surface area contributed by atoms with Gasteiger partial charge in [0.25, 0.3) is 0 Å². The largest absolute Gasteiger partial charge is 0.371 e. The van der Waals surface area contributed by atoms with Crippen molar-refractivity contribution < 1.29 is 4.79 Å². The molecule has 0 aromatic heterocycles. The van der Waals surface area contributed by atoms with E-state index in [0.717, 1.165) is 38.0 Å². The fraction of sp³-hybridized carbons (Fsp3) is 0.588. The highest BCUT2D eigenvalue weighted by Gasteiger charge is 2.31. The minimum absolute atomic E-state index is 0. The molecule has 1 aromatic rings. The summed E-state index contributed by atoms with van der Waals surface area (Å²) in [6, 6.07) is 8.22. The molecule has 0 radical (unpaired) electrons. The molecule has 3 N–H and O–H groups in total. The Morgan fingerprint density at radius 3 is 2.61 bits per heavy atom. The van der Waals surface area contributed by atoms with Crippen molar-refractivity contribution in [3.8, 4) is 0 Å². The van der Waals surface area contributed by atoms with E-state index in [1.165, 1.54) is 18.5 Å². The predicted octanol–water partition coefficient (Wildman–Crippen LogP) is 3.44. The van der Waals surface area contributed by atoms with Crippen LogP contribution in [0.2, 0.25) is 0 Å². The van der Waals surface area contributed by atoms with Gasteiger partial charge in [-0.3, -0.25) is 4.79 Å². The maximum Gasteiger partial charge on any atom is 0.227 e. The second kappa shape index (κ2) is 9.36. The van der Waals surface area contributed by atoms with Gasteiger partial charge in [0.05, 0.1) is 0 Å². The van der Waals surface area contributed by atoms with Gasteiger partial charge in [0.2, 0.25) is 5.91 Å². The fourth-order valence-electron chi connectivity index (χ4n) is 3.65. The average molecular weight is 360 g/mol. The van der Waals surface area contributed by atoms with E-state index in [0.29, 0.717) is 12.5 Å². The summed E-state index contributed by atoms with van der Waals surface area (Å²) >= 11 is 0. The highest BCUT2D eigenvalue weighted by atomic mass is 35.5. The van der Waals surface area contributed by atoms with E-state index in [1.807, 2.05) is 12.1 Å². The van der Waals surface area contributed by atoms with Crippen LogP contribution in [0.25, 0.3) is 0 Å². The number of nitrogens with one attached hydrogen (secondary N) is 1. The number of amides is 1. The number of carbonyl (C=O) groups excluding carboxylic acids is 1. The van der Waals surface area contributed by atoms with Gasteiger partial charge < -0.3 is 16.0 Å². The molecule has 0 spiro atoms. The Bertz CT molecular complexity index is 506. The van der Waals surface area contributed by atoms with E-state index in [-0.39, 0.29) is 36.6 Å². The Morgan fingerprint density at radius 2 is 1.91 bits per heavy atom. The zero-order valence-corrected chi connectivity index (χ0v) is 15.0. The molecule has 23 heavy (non-hydrogen) atoms. The van der Waals surface area contributed by atoms with Crippen LogP contribution in [0.5, 0.6) is 0 Å². The molecule has 0 bridgehead atoms. The molecular formula is C17H27Cl2N3O. The molecule has 1 aliphatic carbocycles. The summed E-state index contributed by atoms with van der Waals surface area (Å²) in [6.45, 7) is 2.86. The minimum atomic E-state index is 0. The number of rotatable bonds is 4. The Hall–Kier alpha value is -0.970. The minimum Gasteiger partial charge on any atom is -0.371 e. The molecule has 0 unspecified atom stereocenters. The van der Waals surface area contributed by atoms with Crippen LogP contribution in [0.1, 0.15) is 32.1 Å². The van der Waals surface area contributed by atoms with Crippen molar-refractivity contribution in [2.45, 2.75) is 32.1 Å². The Labute approximate surface area is 151 Å². The van der Waals surface area contributed by atoms with E-state index in [1.54, 1.807) is 0 Å². The summed E-state index contributed by atoms with van der Waals surface area (Å²) in [5.74, 6) is 0.582. The van der Waals surface area contributed by atoms with Gasteiger partial charge in [-0.2, -0.15) is 0 Å². The monoisotopic (exact) mass is 359 g/mol. The Balaban J connectivity index is 0.00000132. The molecule has 1 heterocycles. The zero-order valence-electron chi connectivity index (χ0n) is 13.4. The van der Waals surface area contributed by atoms with Gasteiger partial charge in [-0.05, 0) is 56.3 Å². The van der Waals surface area contributed by atoms with Gasteiger partial charge in [0.15, 0.2) is 0 Å². The molecular weight excluding hydrogens is 333 g/mol. The number of nitrogens with zero attached hydrogens (tertiary/aromatic N) is 1. The topological polar surface area (TPSA) is 58.4 Å². The Morgan fingerprint density at radius 1 is 1.17 bits per heavy atom. The first-order chi connectivity index (χ1) is 10.3. The number of nitrogens with two attached hydrogens (primary N) is 1. The van der Waals surface area contributed by atoms with Gasteiger partial charge in [-0.1, -0.05) is 12.5 Å². The maximum atomic E-state index is 12.4. The van der Waals surface area contributed by atoms with E-state index < -0.39 is 0 Å². The van der Waals surface area contributed by atoms with Crippen LogP contribution in [0, 0.1) is 11.8 Å². The second-order valence-corrected chi connectivity index (χ2v) is 6.27. The van der Waals surface area contributed by atoms with Crippen molar-refractivity contribution in [3.63, 3.8) is 0 Å². The van der Waals surface area contributed by atoms with E-state index in [2.05, 4.69) is 22.3 Å². The standard InChI is InChI=1S/C17H25N3O.2ClH/c18-12-13-5-3-8-16(13)17(21)19-14-6-4-7-15(11-14)20-9-1-2-10-20;;/h4,6-7,11,13,16H,1-3,5,8-10,12,18H2,(H,19,21);2*1H/t13-,16-;;/m1../s1.